The molecule has 1 saturated carbocycles. The summed E-state index contributed by atoms with van der Waals surface area (Å²) >= 11 is 1.73. The highest BCUT2D eigenvalue weighted by molar-refractivity contribution is 7.10. The van der Waals surface area contributed by atoms with Gasteiger partial charge < -0.3 is 5.11 Å². The first kappa shape index (κ1) is 13.1. The molecule has 1 aliphatic rings. The second-order valence-corrected chi connectivity index (χ2v) is 6.25. The van der Waals surface area contributed by atoms with Crippen molar-refractivity contribution in [3.05, 3.63) is 21.9 Å². The van der Waals surface area contributed by atoms with Crippen LogP contribution in [0.15, 0.2) is 11.4 Å². The van der Waals surface area contributed by atoms with Crippen molar-refractivity contribution in [1.29, 1.82) is 0 Å². The van der Waals surface area contributed by atoms with Gasteiger partial charge in [-0.25, -0.2) is 0 Å². The van der Waals surface area contributed by atoms with E-state index in [1.54, 1.807) is 11.3 Å². The van der Waals surface area contributed by atoms with Crippen LogP contribution in [0.25, 0.3) is 0 Å². The zero-order valence-corrected chi connectivity index (χ0v) is 11.8. The molecule has 1 N–H and O–H groups in total. The first-order valence-corrected chi connectivity index (χ1v) is 7.88. The van der Waals surface area contributed by atoms with E-state index >= 15 is 0 Å². The van der Waals surface area contributed by atoms with E-state index in [4.69, 9.17) is 0 Å². The van der Waals surface area contributed by atoms with Gasteiger partial charge in [-0.2, -0.15) is 0 Å². The van der Waals surface area contributed by atoms with Crippen LogP contribution < -0.4 is 0 Å². The fraction of sp³-hybridized carbons (Fsp3) is 0.733. The van der Waals surface area contributed by atoms with Crippen LogP contribution in [0, 0.1) is 11.8 Å². The van der Waals surface area contributed by atoms with Crippen LogP contribution in [0.2, 0.25) is 0 Å². The monoisotopic (exact) mass is 252 g/mol. The van der Waals surface area contributed by atoms with Crippen LogP contribution in [0.5, 0.6) is 0 Å². The molecular formula is C15H24OS. The first-order chi connectivity index (χ1) is 8.26. The lowest BCUT2D eigenvalue weighted by Crippen LogP contribution is -2.20. The topological polar surface area (TPSA) is 20.2 Å². The van der Waals surface area contributed by atoms with Gasteiger partial charge in [0.15, 0.2) is 0 Å². The number of rotatable bonds is 4. The minimum Gasteiger partial charge on any atom is -0.387 e. The molecule has 0 saturated heterocycles. The van der Waals surface area contributed by atoms with Gasteiger partial charge in [0, 0.05) is 4.88 Å². The molecule has 1 aliphatic carbocycles. The molecule has 1 fully saturated rings. The molecule has 0 bridgehead atoms. The Morgan fingerprint density at radius 2 is 2.00 bits per heavy atom. The van der Waals surface area contributed by atoms with Gasteiger partial charge in [0.1, 0.15) is 0 Å². The average molecular weight is 252 g/mol. The highest BCUT2D eigenvalue weighted by Crippen LogP contribution is 2.40. The van der Waals surface area contributed by atoms with E-state index in [-0.39, 0.29) is 6.10 Å². The van der Waals surface area contributed by atoms with Gasteiger partial charge in [-0.05, 0) is 48.1 Å². The normalized spacial score (nSPS) is 27.0. The molecule has 1 heterocycles. The van der Waals surface area contributed by atoms with Gasteiger partial charge >= 0.3 is 0 Å². The summed E-state index contributed by atoms with van der Waals surface area (Å²) in [5, 5.41) is 12.6. The lowest BCUT2D eigenvalue weighted by Gasteiger charge is -2.31. The summed E-state index contributed by atoms with van der Waals surface area (Å²) in [6.07, 6.45) is 7.18. The maximum absolute atomic E-state index is 10.5. The minimum absolute atomic E-state index is 0.206. The average Bonchev–Trinajstić information content (AvgIpc) is 2.86. The number of thiophene rings is 1. The zero-order chi connectivity index (χ0) is 12.3. The van der Waals surface area contributed by atoms with Crippen LogP contribution in [0.3, 0.4) is 0 Å². The summed E-state index contributed by atoms with van der Waals surface area (Å²) in [5.74, 6) is 1.41. The summed E-state index contributed by atoms with van der Waals surface area (Å²) in [4.78, 5) is 1.23. The number of hydrogen-bond donors (Lipinski definition) is 1. The predicted octanol–water partition coefficient (Wildman–Crippen LogP) is 4.56. The van der Waals surface area contributed by atoms with Crippen molar-refractivity contribution >= 4 is 11.3 Å². The van der Waals surface area contributed by atoms with Gasteiger partial charge in [-0.15, -0.1) is 11.3 Å². The predicted molar refractivity (Wildman–Crippen MR) is 74.4 cm³/mol. The summed E-state index contributed by atoms with van der Waals surface area (Å²) in [5.41, 5.74) is 1.35. The smallest absolute Gasteiger partial charge is 0.0912 e. The van der Waals surface area contributed by atoms with Gasteiger partial charge in [0.05, 0.1) is 6.10 Å². The molecule has 17 heavy (non-hydrogen) atoms. The Bertz CT molecular complexity index is 336. The molecule has 96 valence electrons. The summed E-state index contributed by atoms with van der Waals surface area (Å²) in [6.45, 7) is 4.46. The molecule has 0 aromatic carbocycles. The molecule has 0 radical (unpaired) electrons. The molecule has 2 heteroatoms. The van der Waals surface area contributed by atoms with E-state index in [0.717, 1.165) is 12.3 Å². The van der Waals surface area contributed by atoms with Crippen molar-refractivity contribution in [1.82, 2.24) is 0 Å². The number of aliphatic hydroxyl groups excluding tert-OH is 1. The summed E-state index contributed by atoms with van der Waals surface area (Å²) < 4.78 is 0. The van der Waals surface area contributed by atoms with Gasteiger partial charge in [-0.3, -0.25) is 0 Å². The third-order valence-corrected chi connectivity index (χ3v) is 5.38. The van der Waals surface area contributed by atoms with E-state index in [1.807, 2.05) is 0 Å². The Morgan fingerprint density at radius 1 is 1.29 bits per heavy atom. The van der Waals surface area contributed by atoms with Crippen LogP contribution in [-0.2, 0) is 6.42 Å². The Morgan fingerprint density at radius 3 is 2.59 bits per heavy atom. The molecule has 1 nitrogen and oxygen atoms in total. The van der Waals surface area contributed by atoms with Crippen LogP contribution in [0.1, 0.15) is 62.5 Å². The maximum Gasteiger partial charge on any atom is 0.0912 e. The second kappa shape index (κ2) is 6.01. The summed E-state index contributed by atoms with van der Waals surface area (Å²) in [7, 11) is 0. The van der Waals surface area contributed by atoms with Gasteiger partial charge in [-0.1, -0.05) is 33.1 Å². The Kier molecular flexibility index (Phi) is 4.63. The van der Waals surface area contributed by atoms with Crippen molar-refractivity contribution < 1.29 is 5.11 Å². The van der Waals surface area contributed by atoms with Crippen LogP contribution in [-0.4, -0.2) is 5.11 Å². The van der Waals surface area contributed by atoms with E-state index in [9.17, 15) is 5.11 Å². The molecule has 0 aliphatic heterocycles. The maximum atomic E-state index is 10.5. The summed E-state index contributed by atoms with van der Waals surface area (Å²) in [6, 6.07) is 2.17. The highest BCUT2D eigenvalue weighted by atomic mass is 32.1. The van der Waals surface area contributed by atoms with E-state index in [0.29, 0.717) is 5.92 Å². The van der Waals surface area contributed by atoms with Crippen molar-refractivity contribution in [3.8, 4) is 0 Å². The Balaban J connectivity index is 1.99. The molecule has 0 amide bonds. The van der Waals surface area contributed by atoms with Crippen LogP contribution >= 0.6 is 11.3 Å². The fourth-order valence-corrected chi connectivity index (χ4v) is 4.10. The SMILES string of the molecule is CCc1ccsc1C(O)C1CCC(CC)CC1. The molecule has 0 spiro atoms. The van der Waals surface area contributed by atoms with Gasteiger partial charge in [0.2, 0.25) is 0 Å². The Hall–Kier alpha value is -0.340. The quantitative estimate of drug-likeness (QED) is 0.833. The number of aliphatic hydroxyl groups is 1. The lowest BCUT2D eigenvalue weighted by molar-refractivity contribution is 0.0751. The molecule has 1 atom stereocenters. The van der Waals surface area contributed by atoms with E-state index in [1.165, 1.54) is 42.5 Å². The van der Waals surface area contributed by atoms with Crippen molar-refractivity contribution in [2.45, 2.75) is 58.5 Å². The Labute approximate surface area is 109 Å². The van der Waals surface area contributed by atoms with Gasteiger partial charge in [0.25, 0.3) is 0 Å². The van der Waals surface area contributed by atoms with Crippen LogP contribution in [0.4, 0.5) is 0 Å². The number of hydrogen-bond acceptors (Lipinski definition) is 2. The number of aryl methyl sites for hydroxylation is 1. The van der Waals surface area contributed by atoms with Crippen molar-refractivity contribution in [3.63, 3.8) is 0 Å². The van der Waals surface area contributed by atoms with Crippen molar-refractivity contribution in [2.75, 3.05) is 0 Å². The fourth-order valence-electron chi connectivity index (χ4n) is 3.03. The minimum atomic E-state index is -0.206. The lowest BCUT2D eigenvalue weighted by atomic mass is 9.78. The zero-order valence-electron chi connectivity index (χ0n) is 11.0. The van der Waals surface area contributed by atoms with Crippen molar-refractivity contribution in [2.24, 2.45) is 11.8 Å². The van der Waals surface area contributed by atoms with E-state index < -0.39 is 0 Å². The second-order valence-electron chi connectivity index (χ2n) is 5.30. The first-order valence-electron chi connectivity index (χ1n) is 7.00. The third-order valence-electron chi connectivity index (χ3n) is 4.35. The molecule has 2 rings (SSSR count). The highest BCUT2D eigenvalue weighted by Gasteiger charge is 2.28. The standard InChI is InChI=1S/C15H24OS/c1-3-11-5-7-13(8-6-11)14(16)15-12(4-2)9-10-17-15/h9-11,13-14,16H,3-8H2,1-2H3. The molecule has 1 unspecified atom stereocenters. The molecular weight excluding hydrogens is 228 g/mol. The van der Waals surface area contributed by atoms with E-state index in [2.05, 4.69) is 25.3 Å². The third kappa shape index (κ3) is 2.92. The molecule has 1 aromatic heterocycles. The molecule has 1 aromatic rings. The largest absolute Gasteiger partial charge is 0.387 e.